The lowest BCUT2D eigenvalue weighted by Gasteiger charge is -2.24. The number of carbonyl (C=O) groups excluding carboxylic acids is 2. The Morgan fingerprint density at radius 1 is 1.02 bits per heavy atom. The van der Waals surface area contributed by atoms with Gasteiger partial charge in [-0.15, -0.1) is 0 Å². The van der Waals surface area contributed by atoms with Crippen LogP contribution in [0.1, 0.15) is 29.7 Å². The molecule has 0 saturated carbocycles. The van der Waals surface area contributed by atoms with Crippen LogP contribution in [0.4, 0.5) is 5.69 Å². The van der Waals surface area contributed by atoms with Crippen LogP contribution < -0.4 is 24.5 Å². The van der Waals surface area contributed by atoms with Crippen molar-refractivity contribution in [2.45, 2.75) is 19.5 Å². The number of nitrogens with zero attached hydrogens (tertiary/aromatic N) is 3. The molecule has 0 aliphatic carbocycles. The molecule has 2 aliphatic heterocycles. The maximum Gasteiger partial charge on any atom is 0.338 e. The van der Waals surface area contributed by atoms with Gasteiger partial charge < -0.3 is 14.4 Å². The molecule has 3 aromatic carbocycles. The van der Waals surface area contributed by atoms with E-state index in [0.29, 0.717) is 39.5 Å². The summed E-state index contributed by atoms with van der Waals surface area (Å²) in [5.41, 5.74) is 3.69. The summed E-state index contributed by atoms with van der Waals surface area (Å²) in [7, 11) is 1.57. The zero-order valence-electron chi connectivity index (χ0n) is 23.1. The van der Waals surface area contributed by atoms with E-state index >= 15 is 0 Å². The number of esters is 1. The zero-order chi connectivity index (χ0) is 29.4. The highest BCUT2D eigenvalue weighted by atomic mass is 32.1. The van der Waals surface area contributed by atoms with Crippen molar-refractivity contribution in [1.29, 1.82) is 0 Å². The van der Waals surface area contributed by atoms with Crippen molar-refractivity contribution < 1.29 is 19.1 Å². The minimum Gasteiger partial charge on any atom is -0.497 e. The number of allylic oxidation sites excluding steroid dienone is 1. The van der Waals surface area contributed by atoms with Crippen LogP contribution in [0.25, 0.3) is 5.57 Å². The van der Waals surface area contributed by atoms with Gasteiger partial charge in [-0.1, -0.05) is 84.7 Å². The molecule has 6 rings (SSSR count). The molecule has 210 valence electrons. The van der Waals surface area contributed by atoms with Gasteiger partial charge in [0.25, 0.3) is 11.5 Å². The van der Waals surface area contributed by atoms with Crippen LogP contribution in [-0.2, 0) is 20.9 Å². The predicted molar refractivity (Wildman–Crippen MR) is 161 cm³/mol. The van der Waals surface area contributed by atoms with Gasteiger partial charge in [-0.25, -0.2) is 9.79 Å². The second-order valence-electron chi connectivity index (χ2n) is 9.83. The molecule has 42 heavy (non-hydrogen) atoms. The average Bonchev–Trinajstić information content (AvgIpc) is 3.47. The molecule has 0 spiro atoms. The molecular formula is C33H27N3O5S. The monoisotopic (exact) mass is 577 g/mol. The average molecular weight is 578 g/mol. The summed E-state index contributed by atoms with van der Waals surface area (Å²) >= 11 is 1.15. The maximum absolute atomic E-state index is 14.3. The minimum absolute atomic E-state index is 0.0159. The van der Waals surface area contributed by atoms with Gasteiger partial charge in [0.15, 0.2) is 4.80 Å². The number of anilines is 1. The molecular weight excluding hydrogens is 550 g/mol. The van der Waals surface area contributed by atoms with Gasteiger partial charge in [-0.3, -0.25) is 14.2 Å². The largest absolute Gasteiger partial charge is 0.497 e. The van der Waals surface area contributed by atoms with E-state index in [2.05, 4.69) is 11.6 Å². The fourth-order valence-electron chi connectivity index (χ4n) is 5.37. The second kappa shape index (κ2) is 11.1. The van der Waals surface area contributed by atoms with E-state index in [-0.39, 0.29) is 22.6 Å². The number of amides is 1. The Hall–Kier alpha value is -5.02. The highest BCUT2D eigenvalue weighted by Gasteiger charge is 2.37. The summed E-state index contributed by atoms with van der Waals surface area (Å²) in [6.45, 7) is 5.73. The SMILES string of the molecule is C=CCOC(=O)C1=C(C)N=c2s/c(=C3\C(=O)N(Cc4ccccc4)c4ccccc43)c(=O)n2[C@@H]1c1ccc(OC)cc1. The number of thiazole rings is 1. The van der Waals surface area contributed by atoms with Crippen molar-refractivity contribution in [2.24, 2.45) is 4.99 Å². The van der Waals surface area contributed by atoms with E-state index in [0.717, 1.165) is 22.6 Å². The minimum atomic E-state index is -0.814. The van der Waals surface area contributed by atoms with E-state index in [1.54, 1.807) is 43.2 Å². The number of aromatic nitrogens is 1. The number of ether oxygens (including phenoxy) is 2. The van der Waals surface area contributed by atoms with Crippen molar-refractivity contribution in [1.82, 2.24) is 4.57 Å². The van der Waals surface area contributed by atoms with Crippen LogP contribution in [0.3, 0.4) is 0 Å². The zero-order valence-corrected chi connectivity index (χ0v) is 23.9. The Morgan fingerprint density at radius 2 is 1.74 bits per heavy atom. The maximum atomic E-state index is 14.3. The Balaban J connectivity index is 1.56. The Morgan fingerprint density at radius 3 is 2.45 bits per heavy atom. The van der Waals surface area contributed by atoms with Crippen LogP contribution in [0, 0.1) is 0 Å². The van der Waals surface area contributed by atoms with Crippen LogP contribution >= 0.6 is 11.3 Å². The van der Waals surface area contributed by atoms with Crippen molar-refractivity contribution in [2.75, 3.05) is 18.6 Å². The lowest BCUT2D eigenvalue weighted by Crippen LogP contribution is -2.41. The molecule has 0 saturated heterocycles. The van der Waals surface area contributed by atoms with Gasteiger partial charge in [0.2, 0.25) is 0 Å². The standard InChI is InChI=1S/C33H27N3O5S/c1-4-18-41-32(39)26-20(2)34-33-36(28(26)22-14-16-23(40-3)17-15-22)31(38)29(42-33)27-24-12-8-9-13-25(24)35(30(27)37)19-21-10-6-5-7-11-21/h4-17,28H,1,18-19H2,2-3H3/b29-27-/t28-/m1/s1. The van der Waals surface area contributed by atoms with E-state index in [1.807, 2.05) is 54.6 Å². The summed E-state index contributed by atoms with van der Waals surface area (Å²) in [5.74, 6) is -0.213. The quantitative estimate of drug-likeness (QED) is 0.246. The Labute approximate surface area is 245 Å². The first kappa shape index (κ1) is 27.2. The predicted octanol–water partition coefficient (Wildman–Crippen LogP) is 3.89. The normalized spacial score (nSPS) is 17.0. The summed E-state index contributed by atoms with van der Waals surface area (Å²) in [6, 6.07) is 23.5. The molecule has 0 bridgehead atoms. The molecule has 0 fully saturated rings. The van der Waals surface area contributed by atoms with Crippen LogP contribution in [0.5, 0.6) is 5.75 Å². The van der Waals surface area contributed by atoms with Gasteiger partial charge >= 0.3 is 5.97 Å². The lowest BCUT2D eigenvalue weighted by atomic mass is 9.96. The van der Waals surface area contributed by atoms with Crippen molar-refractivity contribution in [3.05, 3.63) is 139 Å². The molecule has 4 aromatic rings. The fourth-order valence-corrected chi connectivity index (χ4v) is 6.51. The number of fused-ring (bicyclic) bond motifs is 2. The number of rotatable bonds is 7. The van der Waals surface area contributed by atoms with Gasteiger partial charge in [-0.05, 0) is 36.2 Å². The van der Waals surface area contributed by atoms with Crippen molar-refractivity contribution in [3.8, 4) is 5.75 Å². The van der Waals surface area contributed by atoms with Gasteiger partial charge in [0, 0.05) is 5.56 Å². The molecule has 3 heterocycles. The third kappa shape index (κ3) is 4.57. The summed E-state index contributed by atoms with van der Waals surface area (Å²) in [6.07, 6.45) is 1.48. The Kier molecular flexibility index (Phi) is 7.18. The van der Waals surface area contributed by atoms with E-state index in [1.165, 1.54) is 10.6 Å². The number of para-hydroxylation sites is 1. The molecule has 0 unspecified atom stereocenters. The van der Waals surface area contributed by atoms with Gasteiger partial charge in [0.05, 0.1) is 42.2 Å². The Bertz CT molecular complexity index is 1940. The lowest BCUT2D eigenvalue weighted by molar-refractivity contribution is -0.138. The second-order valence-corrected chi connectivity index (χ2v) is 10.8. The van der Waals surface area contributed by atoms with Crippen LogP contribution in [0.15, 0.2) is 113 Å². The van der Waals surface area contributed by atoms with Gasteiger partial charge in [-0.2, -0.15) is 0 Å². The molecule has 0 N–H and O–H groups in total. The first-order chi connectivity index (χ1) is 20.4. The summed E-state index contributed by atoms with van der Waals surface area (Å²) in [4.78, 5) is 48.4. The smallest absolute Gasteiger partial charge is 0.338 e. The molecule has 0 radical (unpaired) electrons. The number of methoxy groups -OCH3 is 1. The molecule has 1 atom stereocenters. The fraction of sp³-hybridized carbons (Fsp3) is 0.152. The third-order valence-corrected chi connectivity index (χ3v) is 8.37. The number of hydrogen-bond acceptors (Lipinski definition) is 7. The van der Waals surface area contributed by atoms with Crippen molar-refractivity contribution in [3.63, 3.8) is 0 Å². The van der Waals surface area contributed by atoms with Crippen molar-refractivity contribution >= 4 is 34.5 Å². The van der Waals surface area contributed by atoms with Crippen LogP contribution in [-0.4, -0.2) is 30.2 Å². The van der Waals surface area contributed by atoms with Crippen LogP contribution in [0.2, 0.25) is 0 Å². The molecule has 8 nitrogen and oxygen atoms in total. The molecule has 1 amide bonds. The van der Waals surface area contributed by atoms with E-state index in [9.17, 15) is 14.4 Å². The first-order valence-electron chi connectivity index (χ1n) is 13.3. The van der Waals surface area contributed by atoms with E-state index < -0.39 is 17.6 Å². The molecule has 1 aromatic heterocycles. The van der Waals surface area contributed by atoms with E-state index in [4.69, 9.17) is 9.47 Å². The summed E-state index contributed by atoms with van der Waals surface area (Å²) < 4.78 is 12.5. The summed E-state index contributed by atoms with van der Waals surface area (Å²) in [5, 5.41) is 0. The highest BCUT2D eigenvalue weighted by molar-refractivity contribution is 7.07. The topological polar surface area (TPSA) is 90.2 Å². The number of carbonyl (C=O) groups is 2. The highest BCUT2D eigenvalue weighted by Crippen LogP contribution is 2.37. The first-order valence-corrected chi connectivity index (χ1v) is 14.2. The number of benzene rings is 3. The number of hydrogen-bond donors (Lipinski definition) is 0. The third-order valence-electron chi connectivity index (χ3n) is 7.31. The molecule has 9 heteroatoms. The van der Waals surface area contributed by atoms with Gasteiger partial charge in [0.1, 0.15) is 16.9 Å². The molecule has 2 aliphatic rings.